The summed E-state index contributed by atoms with van der Waals surface area (Å²) in [5, 5.41) is 0.554. The van der Waals surface area contributed by atoms with Crippen LogP contribution >= 0.6 is 11.3 Å². The zero-order chi connectivity index (χ0) is 29.3. The summed E-state index contributed by atoms with van der Waals surface area (Å²) in [6.45, 7) is 8.21. The highest BCUT2D eigenvalue weighted by Crippen LogP contribution is 2.32. The summed E-state index contributed by atoms with van der Waals surface area (Å²) in [6.07, 6.45) is 4.67. The standard InChI is InChI=1S/C28H37F2N7O3S2/c1-21(22-2-4-23(29)5-3-22)37-20-31-16-24(37)18-33-8-10-36(11-9-33)42(38,39)27-17-32-28(41-27)35-7-6-26(25(30)19-35)34-12-14-40-15-13-34/h2-5,16-17,20-21,25-26H,6-15,18-19H2,1H3/t21-,25-,26?/m1/s1. The summed E-state index contributed by atoms with van der Waals surface area (Å²) in [4.78, 5) is 15.0. The molecule has 14 heteroatoms. The lowest BCUT2D eigenvalue weighted by Crippen LogP contribution is -2.55. The highest BCUT2D eigenvalue weighted by atomic mass is 32.2. The summed E-state index contributed by atoms with van der Waals surface area (Å²) in [5.74, 6) is -0.267. The predicted molar refractivity (Wildman–Crippen MR) is 156 cm³/mol. The van der Waals surface area contributed by atoms with Gasteiger partial charge in [-0.15, -0.1) is 0 Å². The SMILES string of the molecule is C[C@H](c1ccc(F)cc1)n1cncc1CN1CCN(S(=O)(=O)c2cnc(N3CCC(N4CCOCC4)[C@H](F)C3)s2)CC1. The molecule has 0 saturated carbocycles. The fourth-order valence-electron chi connectivity index (χ4n) is 6.09. The molecule has 6 rings (SSSR count). The van der Waals surface area contributed by atoms with Crippen molar-refractivity contribution >= 4 is 26.5 Å². The van der Waals surface area contributed by atoms with Crippen LogP contribution in [0.4, 0.5) is 13.9 Å². The molecular weight excluding hydrogens is 584 g/mol. The van der Waals surface area contributed by atoms with Gasteiger partial charge in [-0.25, -0.2) is 27.2 Å². The van der Waals surface area contributed by atoms with Gasteiger partial charge in [-0.1, -0.05) is 23.5 Å². The van der Waals surface area contributed by atoms with E-state index in [1.165, 1.54) is 22.6 Å². The average molecular weight is 622 g/mol. The lowest BCUT2D eigenvalue weighted by molar-refractivity contribution is -0.00821. The van der Waals surface area contributed by atoms with Gasteiger partial charge in [0.25, 0.3) is 10.0 Å². The Hall–Kier alpha value is -2.49. The highest BCUT2D eigenvalue weighted by Gasteiger charge is 2.36. The summed E-state index contributed by atoms with van der Waals surface area (Å²) in [6, 6.07) is 6.34. The van der Waals surface area contributed by atoms with E-state index in [4.69, 9.17) is 4.74 Å². The maximum atomic E-state index is 15.1. The Labute approximate surface area is 249 Å². The summed E-state index contributed by atoms with van der Waals surface area (Å²) in [5.41, 5.74) is 2.00. The first kappa shape index (κ1) is 29.6. The van der Waals surface area contributed by atoms with Crippen molar-refractivity contribution in [1.29, 1.82) is 0 Å². The van der Waals surface area contributed by atoms with Crippen LogP contribution in [0.1, 0.15) is 30.6 Å². The average Bonchev–Trinajstić information content (AvgIpc) is 3.69. The molecule has 1 unspecified atom stereocenters. The number of piperazine rings is 1. The van der Waals surface area contributed by atoms with Gasteiger partial charge >= 0.3 is 0 Å². The third kappa shape index (κ3) is 6.24. The van der Waals surface area contributed by atoms with Crippen LogP contribution in [-0.4, -0.2) is 115 Å². The highest BCUT2D eigenvalue weighted by molar-refractivity contribution is 7.91. The minimum Gasteiger partial charge on any atom is -0.379 e. The third-order valence-corrected chi connectivity index (χ3v) is 12.0. The Morgan fingerprint density at radius 2 is 1.79 bits per heavy atom. The second-order valence-corrected chi connectivity index (χ2v) is 14.3. The van der Waals surface area contributed by atoms with Gasteiger partial charge in [0.1, 0.15) is 12.0 Å². The summed E-state index contributed by atoms with van der Waals surface area (Å²) >= 11 is 1.12. The van der Waals surface area contributed by atoms with Crippen LogP contribution in [0.15, 0.2) is 47.2 Å². The van der Waals surface area contributed by atoms with Crippen molar-refractivity contribution in [1.82, 2.24) is 28.6 Å². The number of piperidine rings is 1. The van der Waals surface area contributed by atoms with E-state index >= 15 is 4.39 Å². The number of anilines is 1. The van der Waals surface area contributed by atoms with Crippen molar-refractivity contribution in [2.24, 2.45) is 0 Å². The fraction of sp³-hybridized carbons (Fsp3) is 0.571. The minimum atomic E-state index is -3.70. The van der Waals surface area contributed by atoms with E-state index in [0.29, 0.717) is 64.0 Å². The third-order valence-electron chi connectivity index (χ3n) is 8.59. The lowest BCUT2D eigenvalue weighted by Gasteiger charge is -2.41. The zero-order valence-corrected chi connectivity index (χ0v) is 25.3. The molecule has 2 aromatic heterocycles. The fourth-order valence-corrected chi connectivity index (χ4v) is 8.82. The summed E-state index contributed by atoms with van der Waals surface area (Å²) < 4.78 is 64.7. The molecule has 3 aliphatic rings. The van der Waals surface area contributed by atoms with Gasteiger partial charge in [0, 0.05) is 64.6 Å². The maximum Gasteiger partial charge on any atom is 0.254 e. The lowest BCUT2D eigenvalue weighted by atomic mass is 10.0. The normalized spacial score (nSPS) is 24.2. The number of hydrogen-bond acceptors (Lipinski definition) is 9. The number of nitrogens with zero attached hydrogens (tertiary/aromatic N) is 7. The van der Waals surface area contributed by atoms with Gasteiger partial charge in [-0.3, -0.25) is 9.80 Å². The topological polar surface area (TPSA) is 87.0 Å². The van der Waals surface area contributed by atoms with Gasteiger partial charge in [0.15, 0.2) is 9.34 Å². The molecule has 0 N–H and O–H groups in total. The van der Waals surface area contributed by atoms with E-state index in [1.54, 1.807) is 18.5 Å². The number of hydrogen-bond donors (Lipinski definition) is 0. The van der Waals surface area contributed by atoms with Crippen molar-refractivity contribution in [2.75, 3.05) is 70.5 Å². The molecule has 228 valence electrons. The van der Waals surface area contributed by atoms with E-state index in [0.717, 1.165) is 35.7 Å². The number of morpholine rings is 1. The molecular formula is C28H37F2N7O3S2. The number of halogens is 2. The second kappa shape index (κ2) is 12.6. The van der Waals surface area contributed by atoms with Gasteiger partial charge < -0.3 is 14.2 Å². The van der Waals surface area contributed by atoms with E-state index in [9.17, 15) is 12.8 Å². The van der Waals surface area contributed by atoms with Crippen molar-refractivity contribution in [3.63, 3.8) is 0 Å². The number of rotatable bonds is 8. The minimum absolute atomic E-state index is 0.0110. The van der Waals surface area contributed by atoms with Gasteiger partial charge in [0.05, 0.1) is 44.0 Å². The molecule has 3 saturated heterocycles. The van der Waals surface area contributed by atoms with Gasteiger partial charge in [0.2, 0.25) is 0 Å². The van der Waals surface area contributed by atoms with Crippen molar-refractivity contribution in [2.45, 2.75) is 42.4 Å². The van der Waals surface area contributed by atoms with Crippen LogP contribution in [0, 0.1) is 5.82 Å². The van der Waals surface area contributed by atoms with Crippen molar-refractivity contribution < 1.29 is 21.9 Å². The molecule has 0 bridgehead atoms. The van der Waals surface area contributed by atoms with Gasteiger partial charge in [-0.2, -0.15) is 4.31 Å². The van der Waals surface area contributed by atoms with Crippen molar-refractivity contribution in [3.8, 4) is 0 Å². The molecule has 10 nitrogen and oxygen atoms in total. The van der Waals surface area contributed by atoms with Gasteiger partial charge in [-0.05, 0) is 31.0 Å². The van der Waals surface area contributed by atoms with Crippen LogP contribution in [0.3, 0.4) is 0 Å². The molecule has 3 atom stereocenters. The number of alkyl halides is 1. The maximum absolute atomic E-state index is 15.1. The molecule has 0 radical (unpaired) electrons. The molecule has 1 aromatic carbocycles. The van der Waals surface area contributed by atoms with Crippen LogP contribution < -0.4 is 4.90 Å². The van der Waals surface area contributed by atoms with E-state index in [2.05, 4.69) is 24.3 Å². The summed E-state index contributed by atoms with van der Waals surface area (Å²) in [7, 11) is -3.70. The Morgan fingerprint density at radius 1 is 1.05 bits per heavy atom. The first-order chi connectivity index (χ1) is 20.3. The monoisotopic (exact) mass is 621 g/mol. The first-order valence-electron chi connectivity index (χ1n) is 14.4. The van der Waals surface area contributed by atoms with Crippen LogP contribution in [-0.2, 0) is 21.3 Å². The number of thiazole rings is 1. The van der Waals surface area contributed by atoms with Crippen LogP contribution in [0.25, 0.3) is 0 Å². The number of imidazole rings is 1. The predicted octanol–water partition coefficient (Wildman–Crippen LogP) is 2.84. The Bertz CT molecular complexity index is 1440. The number of benzene rings is 1. The van der Waals surface area contributed by atoms with Crippen LogP contribution in [0.2, 0.25) is 0 Å². The molecule has 3 aromatic rings. The quantitative estimate of drug-likeness (QED) is 0.380. The zero-order valence-electron chi connectivity index (χ0n) is 23.7. The molecule has 5 heterocycles. The smallest absolute Gasteiger partial charge is 0.254 e. The Morgan fingerprint density at radius 3 is 2.50 bits per heavy atom. The molecule has 0 amide bonds. The largest absolute Gasteiger partial charge is 0.379 e. The molecule has 3 aliphatic heterocycles. The second-order valence-electron chi connectivity index (χ2n) is 11.1. The first-order valence-corrected chi connectivity index (χ1v) is 16.7. The van der Waals surface area contributed by atoms with E-state index in [-0.39, 0.29) is 28.7 Å². The molecule has 0 spiro atoms. The Kier molecular flexibility index (Phi) is 8.89. The molecule has 3 fully saturated rings. The number of aromatic nitrogens is 3. The number of ether oxygens (including phenoxy) is 1. The number of sulfonamides is 1. The molecule has 0 aliphatic carbocycles. The van der Waals surface area contributed by atoms with Crippen LogP contribution in [0.5, 0.6) is 0 Å². The van der Waals surface area contributed by atoms with Crippen molar-refractivity contribution in [3.05, 3.63) is 60.1 Å². The van der Waals surface area contributed by atoms with E-state index in [1.807, 2.05) is 18.0 Å². The molecule has 42 heavy (non-hydrogen) atoms. The Balaban J connectivity index is 1.04. The van der Waals surface area contributed by atoms with E-state index < -0.39 is 16.2 Å².